The van der Waals surface area contributed by atoms with Crippen LogP contribution in [0.2, 0.25) is 0 Å². The number of nitrogens with two attached hydrogens (primary N) is 2. The molecule has 0 aromatic heterocycles. The Morgan fingerprint density at radius 3 is 2.04 bits per heavy atom. The van der Waals surface area contributed by atoms with E-state index in [1.807, 2.05) is 81.4 Å². The second-order valence-corrected chi connectivity index (χ2v) is 22.6. The van der Waals surface area contributed by atoms with Gasteiger partial charge in [-0.15, -0.1) is 0 Å². The number of sulfonamides is 1. The summed E-state index contributed by atoms with van der Waals surface area (Å²) in [5, 5.41) is 12.8. The first-order chi connectivity index (χ1) is 37.2. The smallest absolute Gasteiger partial charge is 0.323 e. The fraction of sp³-hybridized carbons (Fsp3) is 0.456. The van der Waals surface area contributed by atoms with Gasteiger partial charge >= 0.3 is 5.97 Å². The van der Waals surface area contributed by atoms with Gasteiger partial charge in [-0.2, -0.15) is 0 Å². The normalized spacial score (nSPS) is 14.2. The average Bonchev–Trinajstić information content (AvgIpc) is 3.50. The number of ether oxygens (including phenoxy) is 4. The number of carbonyl (C=O) groups excluding carboxylic acids is 6. The monoisotopic (exact) mass is 1110 g/mol. The molecule has 0 unspecified atom stereocenters. The van der Waals surface area contributed by atoms with Crippen molar-refractivity contribution in [3.63, 3.8) is 0 Å². The largest absolute Gasteiger partial charge is 0.487 e. The van der Waals surface area contributed by atoms with Crippen molar-refractivity contribution in [2.24, 2.45) is 16.5 Å². The summed E-state index contributed by atoms with van der Waals surface area (Å²) in [5.74, 6) is -3.32. The zero-order valence-electron chi connectivity index (χ0n) is 46.6. The summed E-state index contributed by atoms with van der Waals surface area (Å²) in [4.78, 5) is 83.2. The molecule has 3 atom stereocenters. The number of hydrogen-bond donors (Lipinski definition) is 8. The number of guanidine groups is 1. The summed E-state index contributed by atoms with van der Waals surface area (Å²) in [6.45, 7) is 15.1. The minimum Gasteiger partial charge on any atom is -0.487 e. The van der Waals surface area contributed by atoms with E-state index in [-0.39, 0.29) is 67.5 Å². The average molecular weight is 1110 g/mol. The Morgan fingerprint density at radius 2 is 1.39 bits per heavy atom. The van der Waals surface area contributed by atoms with Crippen LogP contribution < -0.4 is 57.0 Å². The van der Waals surface area contributed by atoms with Gasteiger partial charge in [0, 0.05) is 13.1 Å². The third-order valence-electron chi connectivity index (χ3n) is 12.8. The van der Waals surface area contributed by atoms with Crippen molar-refractivity contribution in [1.82, 2.24) is 31.3 Å². The first kappa shape index (κ1) is 62.1. The second kappa shape index (κ2) is 28.2. The number of rotatable bonds is 26. The zero-order chi connectivity index (χ0) is 58.1. The third kappa shape index (κ3) is 19.0. The number of nitrogens with zero attached hydrogens (tertiary/aromatic N) is 1. The molecule has 1 aliphatic rings. The molecule has 0 bridgehead atoms. The first-order valence-electron chi connectivity index (χ1n) is 26.3. The lowest BCUT2D eigenvalue weighted by molar-refractivity contribution is -0.156. The van der Waals surface area contributed by atoms with Gasteiger partial charge in [0.25, 0.3) is 15.9 Å². The molecule has 21 nitrogen and oxygen atoms in total. The van der Waals surface area contributed by atoms with Crippen LogP contribution in [0.5, 0.6) is 17.2 Å². The maximum Gasteiger partial charge on any atom is 0.323 e. The summed E-state index contributed by atoms with van der Waals surface area (Å²) in [6.07, 6.45) is 2.00. The lowest BCUT2D eigenvalue weighted by Crippen LogP contribution is -2.51. The van der Waals surface area contributed by atoms with Gasteiger partial charge in [0.1, 0.15) is 48.3 Å². The first-order valence-corrected chi connectivity index (χ1v) is 27.7. The number of nitrogens with one attached hydrogen (secondary N) is 6. The molecule has 0 saturated carbocycles. The Hall–Kier alpha value is -7.72. The van der Waals surface area contributed by atoms with Gasteiger partial charge in [0.15, 0.2) is 11.5 Å². The third-order valence-corrected chi connectivity index (χ3v) is 14.4. The van der Waals surface area contributed by atoms with Crippen LogP contribution in [0.3, 0.4) is 0 Å². The fourth-order valence-corrected chi connectivity index (χ4v) is 9.99. The van der Waals surface area contributed by atoms with Gasteiger partial charge < -0.3 is 57.0 Å². The summed E-state index contributed by atoms with van der Waals surface area (Å²) in [6, 6.07) is 20.4. The molecule has 1 aliphatic heterocycles. The van der Waals surface area contributed by atoms with E-state index < -0.39 is 93.9 Å². The molecule has 0 fully saturated rings. The lowest BCUT2D eigenvalue weighted by atomic mass is 9.88. The highest BCUT2D eigenvalue weighted by Gasteiger charge is 2.34. The van der Waals surface area contributed by atoms with Crippen LogP contribution in [-0.4, -0.2) is 105 Å². The molecule has 5 amide bonds. The van der Waals surface area contributed by atoms with Crippen LogP contribution in [0.15, 0.2) is 88.8 Å². The molecule has 22 heteroatoms. The summed E-state index contributed by atoms with van der Waals surface area (Å²) < 4.78 is 54.2. The quantitative estimate of drug-likeness (QED) is 0.0188. The number of para-hydroxylation sites is 1. The molecule has 4 aromatic rings. The molecule has 428 valence electrons. The molecule has 10 N–H and O–H groups in total. The van der Waals surface area contributed by atoms with Gasteiger partial charge in [0.2, 0.25) is 29.6 Å². The number of fused-ring (bicyclic) bond motifs is 1. The van der Waals surface area contributed by atoms with E-state index in [1.54, 1.807) is 46.8 Å². The van der Waals surface area contributed by atoms with Crippen molar-refractivity contribution in [3.8, 4) is 17.2 Å². The van der Waals surface area contributed by atoms with Crippen LogP contribution in [0.4, 0.5) is 0 Å². The van der Waals surface area contributed by atoms with E-state index in [0.717, 1.165) is 16.7 Å². The Balaban J connectivity index is 1.25. The van der Waals surface area contributed by atoms with E-state index >= 15 is 0 Å². The molecule has 0 spiro atoms. The van der Waals surface area contributed by atoms with E-state index in [9.17, 15) is 37.2 Å². The van der Waals surface area contributed by atoms with Crippen LogP contribution in [0, 0.1) is 20.8 Å². The number of amides is 5. The zero-order valence-corrected chi connectivity index (χ0v) is 47.4. The predicted molar refractivity (Wildman–Crippen MR) is 299 cm³/mol. The van der Waals surface area contributed by atoms with Gasteiger partial charge in [-0.3, -0.25) is 33.8 Å². The molecule has 1 heterocycles. The summed E-state index contributed by atoms with van der Waals surface area (Å²) >= 11 is 0. The maximum atomic E-state index is 14.3. The minimum atomic E-state index is -4.22. The highest BCUT2D eigenvalue weighted by molar-refractivity contribution is 7.90. The van der Waals surface area contributed by atoms with Crippen molar-refractivity contribution in [3.05, 3.63) is 118 Å². The van der Waals surface area contributed by atoms with Crippen molar-refractivity contribution < 1.29 is 56.1 Å². The standard InChI is InChI=1S/C57H77N9O12S/c1-35-36(2)50(37(3)41-27-28-57(8,9)77-48(35)41)79(73,74)66-55(59)61-30-18-25-44(53(71)63-31-46(67)62-32-47(68)64-38(4)51(69)60-29-17-24-43(58)54(72)78-56(5,6)7)65-52(70)42-23-16-26-45(75-33-39-19-12-10-13-20-39)49(42)76-34-40-21-14-11-15-22-40/h10-16,19-23,26,38,43-44H,17-18,24-25,27-34,58H2,1-9H3,(H,60,69)(H,62,67)(H,63,71)(H,64,68)(H,65,70)(H3,59,61,66)/t38-,43-,44+/m0/s1. The highest BCUT2D eigenvalue weighted by Crippen LogP contribution is 2.42. The predicted octanol–water partition coefficient (Wildman–Crippen LogP) is 4.35. The fourth-order valence-electron chi connectivity index (χ4n) is 8.47. The SMILES string of the molecule is Cc1c(C)c(S(=O)(=O)NC(N)=NCCC[C@@H](NC(=O)c2cccc(OCc3ccccc3)c2OCc2ccccc2)C(=O)NCC(=O)NCC(=O)N[C@@H](C)C(=O)NCCC[C@H](N)C(=O)OC(C)(C)C)c(C)c2c1OC(C)(C)CC2. The van der Waals surface area contributed by atoms with Crippen LogP contribution in [-0.2, 0) is 58.4 Å². The van der Waals surface area contributed by atoms with Crippen molar-refractivity contribution in [1.29, 1.82) is 0 Å². The van der Waals surface area contributed by atoms with E-state index in [4.69, 9.17) is 30.4 Å². The summed E-state index contributed by atoms with van der Waals surface area (Å²) in [7, 11) is -4.22. The van der Waals surface area contributed by atoms with Crippen LogP contribution >= 0.6 is 0 Å². The Bertz CT molecular complexity index is 2950. The number of carbonyl (C=O) groups is 6. The number of aliphatic imine (C=N–C) groups is 1. The Kier molecular flexibility index (Phi) is 22.2. The Labute approximate surface area is 463 Å². The van der Waals surface area contributed by atoms with E-state index in [1.165, 1.54) is 13.0 Å². The van der Waals surface area contributed by atoms with Gasteiger partial charge in [-0.05, 0) is 146 Å². The number of hydrogen-bond acceptors (Lipinski definition) is 14. The number of benzene rings is 4. The highest BCUT2D eigenvalue weighted by atomic mass is 32.2. The molecular formula is C57H77N9O12S. The van der Waals surface area contributed by atoms with Crippen LogP contribution in [0.1, 0.15) is 117 Å². The van der Waals surface area contributed by atoms with E-state index in [0.29, 0.717) is 41.7 Å². The molecule has 5 rings (SSSR count). The van der Waals surface area contributed by atoms with Crippen LogP contribution in [0.25, 0.3) is 0 Å². The van der Waals surface area contributed by atoms with Gasteiger partial charge in [0.05, 0.1) is 23.5 Å². The molecule has 0 saturated heterocycles. The number of esters is 1. The van der Waals surface area contributed by atoms with Crippen molar-refractivity contribution >= 4 is 51.5 Å². The molecule has 79 heavy (non-hydrogen) atoms. The van der Waals surface area contributed by atoms with E-state index in [2.05, 4.69) is 36.3 Å². The molecular weight excluding hydrogens is 1030 g/mol. The lowest BCUT2D eigenvalue weighted by Gasteiger charge is -2.35. The second-order valence-electron chi connectivity index (χ2n) is 21.0. The van der Waals surface area contributed by atoms with Crippen molar-refractivity contribution in [2.75, 3.05) is 26.2 Å². The molecule has 0 radical (unpaired) electrons. The van der Waals surface area contributed by atoms with Crippen molar-refractivity contribution in [2.45, 2.75) is 148 Å². The molecule has 4 aromatic carbocycles. The minimum absolute atomic E-state index is 0.0447. The summed E-state index contributed by atoms with van der Waals surface area (Å²) in [5.41, 5.74) is 15.3. The van der Waals surface area contributed by atoms with Gasteiger partial charge in [-0.25, -0.2) is 13.1 Å². The molecule has 0 aliphatic carbocycles. The maximum absolute atomic E-state index is 14.3. The topological polar surface area (TPSA) is 310 Å². The Morgan fingerprint density at radius 1 is 0.759 bits per heavy atom. The van der Waals surface area contributed by atoms with Gasteiger partial charge in [-0.1, -0.05) is 66.7 Å².